The van der Waals surface area contributed by atoms with Gasteiger partial charge in [-0.3, -0.25) is 4.79 Å². The van der Waals surface area contributed by atoms with Crippen LogP contribution < -0.4 is 0 Å². The third-order valence-corrected chi connectivity index (χ3v) is 4.86. The molecule has 3 rings (SSSR count). The van der Waals surface area contributed by atoms with Gasteiger partial charge in [0.25, 0.3) is 5.91 Å². The zero-order valence-corrected chi connectivity index (χ0v) is 14.2. The summed E-state index contributed by atoms with van der Waals surface area (Å²) < 4.78 is 2.27. The van der Waals surface area contributed by atoms with Crippen molar-refractivity contribution in [2.45, 2.75) is 33.2 Å². The van der Waals surface area contributed by atoms with Crippen LogP contribution in [-0.4, -0.2) is 33.4 Å². The second-order valence-corrected chi connectivity index (χ2v) is 6.48. The molecule has 1 aromatic carbocycles. The number of aryl methyl sites for hydroxylation is 2. The van der Waals surface area contributed by atoms with Crippen molar-refractivity contribution >= 4 is 5.91 Å². The molecule has 1 fully saturated rings. The fourth-order valence-corrected chi connectivity index (χ4v) is 3.30. The topological polar surface area (TPSA) is 61.9 Å². The van der Waals surface area contributed by atoms with Gasteiger partial charge in [0.15, 0.2) is 0 Å². The van der Waals surface area contributed by atoms with Crippen molar-refractivity contribution < 1.29 is 4.79 Å². The van der Waals surface area contributed by atoms with E-state index < -0.39 is 0 Å². The van der Waals surface area contributed by atoms with E-state index in [0.29, 0.717) is 17.0 Å². The Balaban J connectivity index is 1.58. The summed E-state index contributed by atoms with van der Waals surface area (Å²) in [6.07, 6.45) is 3.94. The number of aromatic nitrogens is 2. The van der Waals surface area contributed by atoms with E-state index in [2.05, 4.69) is 22.5 Å². The standard InChI is InChI=1S/C19H22N4O/c1-14-12-21-15(2)23(14)13-17-7-9-22(10-8-17)19(24)18-5-3-16(11-20)4-6-18/h3-6,12,17H,7-10,13H2,1-2H3. The zero-order chi connectivity index (χ0) is 17.1. The van der Waals surface area contributed by atoms with Crippen molar-refractivity contribution in [1.29, 1.82) is 5.26 Å². The molecule has 5 nitrogen and oxygen atoms in total. The fraction of sp³-hybridized carbons (Fsp3) is 0.421. The van der Waals surface area contributed by atoms with Gasteiger partial charge in [-0.1, -0.05) is 0 Å². The molecular formula is C19H22N4O. The van der Waals surface area contributed by atoms with Crippen LogP contribution in [0.1, 0.15) is 40.3 Å². The van der Waals surface area contributed by atoms with E-state index in [9.17, 15) is 4.79 Å². The van der Waals surface area contributed by atoms with Gasteiger partial charge < -0.3 is 9.47 Å². The van der Waals surface area contributed by atoms with E-state index in [0.717, 1.165) is 38.3 Å². The predicted molar refractivity (Wildman–Crippen MR) is 91.5 cm³/mol. The highest BCUT2D eigenvalue weighted by molar-refractivity contribution is 5.94. The lowest BCUT2D eigenvalue weighted by molar-refractivity contribution is 0.0682. The van der Waals surface area contributed by atoms with E-state index in [-0.39, 0.29) is 5.91 Å². The summed E-state index contributed by atoms with van der Waals surface area (Å²) in [7, 11) is 0. The van der Waals surface area contributed by atoms with Crippen LogP contribution in [0.25, 0.3) is 0 Å². The molecule has 124 valence electrons. The lowest BCUT2D eigenvalue weighted by Gasteiger charge is -2.32. The van der Waals surface area contributed by atoms with Gasteiger partial charge in [-0.15, -0.1) is 0 Å². The summed E-state index contributed by atoms with van der Waals surface area (Å²) >= 11 is 0. The molecule has 1 aliphatic heterocycles. The molecule has 1 aliphatic rings. The average molecular weight is 322 g/mol. The Morgan fingerprint density at radius 2 is 1.92 bits per heavy atom. The van der Waals surface area contributed by atoms with Gasteiger partial charge in [0.1, 0.15) is 5.82 Å². The SMILES string of the molecule is Cc1cnc(C)n1CC1CCN(C(=O)c2ccc(C#N)cc2)CC1. The molecule has 0 unspecified atom stereocenters. The molecule has 1 amide bonds. The molecule has 0 aliphatic carbocycles. The summed E-state index contributed by atoms with van der Waals surface area (Å²) in [6, 6.07) is 8.96. The fourth-order valence-electron chi connectivity index (χ4n) is 3.30. The van der Waals surface area contributed by atoms with E-state index in [4.69, 9.17) is 5.26 Å². The molecule has 0 bridgehead atoms. The van der Waals surface area contributed by atoms with Gasteiger partial charge in [-0.2, -0.15) is 5.26 Å². The smallest absolute Gasteiger partial charge is 0.253 e. The third kappa shape index (κ3) is 3.33. The molecule has 0 N–H and O–H groups in total. The number of carbonyl (C=O) groups excluding carboxylic acids is 1. The predicted octanol–water partition coefficient (Wildman–Crippen LogP) is 2.92. The second kappa shape index (κ2) is 6.88. The van der Waals surface area contributed by atoms with Crippen LogP contribution in [0.15, 0.2) is 30.5 Å². The van der Waals surface area contributed by atoms with Crippen molar-refractivity contribution in [2.24, 2.45) is 5.92 Å². The number of benzene rings is 1. The van der Waals surface area contributed by atoms with Crippen LogP contribution in [0.2, 0.25) is 0 Å². The molecule has 0 spiro atoms. The molecule has 0 saturated carbocycles. The molecule has 1 saturated heterocycles. The first kappa shape index (κ1) is 16.3. The van der Waals surface area contributed by atoms with Crippen LogP contribution in [0.4, 0.5) is 0 Å². The largest absolute Gasteiger partial charge is 0.339 e. The Hall–Kier alpha value is -2.61. The lowest BCUT2D eigenvalue weighted by atomic mass is 9.96. The molecule has 0 atom stereocenters. The molecule has 24 heavy (non-hydrogen) atoms. The highest BCUT2D eigenvalue weighted by atomic mass is 16.2. The summed E-state index contributed by atoms with van der Waals surface area (Å²) in [5, 5.41) is 8.84. The normalized spacial score (nSPS) is 15.3. The zero-order valence-electron chi connectivity index (χ0n) is 14.2. The summed E-state index contributed by atoms with van der Waals surface area (Å²) in [4.78, 5) is 18.8. The van der Waals surface area contributed by atoms with Gasteiger partial charge in [-0.25, -0.2) is 4.98 Å². The van der Waals surface area contributed by atoms with Crippen molar-refractivity contribution in [2.75, 3.05) is 13.1 Å². The van der Waals surface area contributed by atoms with Gasteiger partial charge in [0.05, 0.1) is 11.6 Å². The number of hydrogen-bond acceptors (Lipinski definition) is 3. The van der Waals surface area contributed by atoms with E-state index >= 15 is 0 Å². The monoisotopic (exact) mass is 322 g/mol. The van der Waals surface area contributed by atoms with E-state index in [1.54, 1.807) is 24.3 Å². The number of amides is 1. The number of carbonyl (C=O) groups is 1. The Morgan fingerprint density at radius 1 is 1.25 bits per heavy atom. The number of hydrogen-bond donors (Lipinski definition) is 0. The summed E-state index contributed by atoms with van der Waals surface area (Å²) in [5.41, 5.74) is 2.44. The first-order chi connectivity index (χ1) is 11.6. The minimum atomic E-state index is 0.0629. The lowest BCUT2D eigenvalue weighted by Crippen LogP contribution is -2.39. The van der Waals surface area contributed by atoms with Crippen molar-refractivity contribution in [3.05, 3.63) is 53.1 Å². The number of rotatable bonds is 3. The van der Waals surface area contributed by atoms with Crippen LogP contribution in [0, 0.1) is 31.1 Å². The minimum Gasteiger partial charge on any atom is -0.339 e. The first-order valence-electron chi connectivity index (χ1n) is 8.36. The molecule has 5 heteroatoms. The molecule has 1 aromatic heterocycles. The van der Waals surface area contributed by atoms with Gasteiger partial charge in [0, 0.05) is 37.1 Å². The van der Waals surface area contributed by atoms with Gasteiger partial charge in [0.2, 0.25) is 0 Å². The maximum absolute atomic E-state index is 12.6. The first-order valence-corrected chi connectivity index (χ1v) is 8.36. The number of piperidine rings is 1. The van der Waals surface area contributed by atoms with Crippen molar-refractivity contribution in [3.8, 4) is 6.07 Å². The minimum absolute atomic E-state index is 0.0629. The Kier molecular flexibility index (Phi) is 4.66. The maximum atomic E-state index is 12.6. The van der Waals surface area contributed by atoms with Crippen molar-refractivity contribution in [3.63, 3.8) is 0 Å². The molecule has 2 heterocycles. The molecular weight excluding hydrogens is 300 g/mol. The van der Waals surface area contributed by atoms with Gasteiger partial charge >= 0.3 is 0 Å². The second-order valence-electron chi connectivity index (χ2n) is 6.48. The number of imidazole rings is 1. The molecule has 2 aromatic rings. The number of nitrogens with zero attached hydrogens (tertiary/aromatic N) is 4. The average Bonchev–Trinajstić information content (AvgIpc) is 2.94. The summed E-state index contributed by atoms with van der Waals surface area (Å²) in [5.74, 6) is 1.71. The van der Waals surface area contributed by atoms with Crippen LogP contribution in [0.5, 0.6) is 0 Å². The van der Waals surface area contributed by atoms with E-state index in [1.807, 2.05) is 18.0 Å². The van der Waals surface area contributed by atoms with Crippen LogP contribution in [0.3, 0.4) is 0 Å². The Bertz CT molecular complexity index is 742. The highest BCUT2D eigenvalue weighted by Gasteiger charge is 2.24. The van der Waals surface area contributed by atoms with Crippen LogP contribution >= 0.6 is 0 Å². The Labute approximate surface area is 142 Å². The van der Waals surface area contributed by atoms with Crippen LogP contribution in [-0.2, 0) is 6.54 Å². The Morgan fingerprint density at radius 3 is 2.46 bits per heavy atom. The molecule has 0 radical (unpaired) electrons. The van der Waals surface area contributed by atoms with E-state index in [1.165, 1.54) is 5.69 Å². The number of likely N-dealkylation sites (tertiary alicyclic amines) is 1. The third-order valence-electron chi connectivity index (χ3n) is 4.86. The van der Waals surface area contributed by atoms with Crippen molar-refractivity contribution in [1.82, 2.24) is 14.5 Å². The highest BCUT2D eigenvalue weighted by Crippen LogP contribution is 2.22. The van der Waals surface area contributed by atoms with Gasteiger partial charge in [-0.05, 0) is 56.9 Å². The summed E-state index contributed by atoms with van der Waals surface area (Å²) in [6.45, 7) is 6.68. The quantitative estimate of drug-likeness (QED) is 0.873. The maximum Gasteiger partial charge on any atom is 0.253 e. The number of nitriles is 1.